The predicted molar refractivity (Wildman–Crippen MR) is 53.3 cm³/mol. The molecule has 0 amide bonds. The zero-order valence-electron chi connectivity index (χ0n) is 7.83. The van der Waals surface area contributed by atoms with Crippen molar-refractivity contribution in [2.45, 2.75) is 20.0 Å². The van der Waals surface area contributed by atoms with E-state index in [1.54, 1.807) is 0 Å². The van der Waals surface area contributed by atoms with Gasteiger partial charge in [0.15, 0.2) is 0 Å². The third-order valence-corrected chi connectivity index (χ3v) is 2.11. The molecule has 1 aromatic rings. The van der Waals surface area contributed by atoms with Crippen LogP contribution in [0.1, 0.15) is 24.2 Å². The van der Waals surface area contributed by atoms with Crippen LogP contribution in [-0.4, -0.2) is 5.84 Å². The second-order valence-corrected chi connectivity index (χ2v) is 3.30. The lowest BCUT2D eigenvalue weighted by Gasteiger charge is -2.07. The molecular weight excluding hydrogens is 162 g/mol. The van der Waals surface area contributed by atoms with Crippen molar-refractivity contribution in [1.82, 2.24) is 10.9 Å². The van der Waals surface area contributed by atoms with Gasteiger partial charge in [-0.1, -0.05) is 29.8 Å². The number of aliphatic imine (C=N–C) groups is 1. The Morgan fingerprint density at radius 3 is 2.38 bits per heavy atom. The van der Waals surface area contributed by atoms with Gasteiger partial charge in [0.05, 0.1) is 0 Å². The summed E-state index contributed by atoms with van der Waals surface area (Å²) < 4.78 is 0. The highest BCUT2D eigenvalue weighted by Crippen LogP contribution is 2.16. The van der Waals surface area contributed by atoms with Gasteiger partial charge in [-0.05, 0) is 19.4 Å². The molecule has 0 spiro atoms. The molecule has 0 bridgehead atoms. The van der Waals surface area contributed by atoms with Crippen LogP contribution in [0.25, 0.3) is 0 Å². The van der Waals surface area contributed by atoms with Gasteiger partial charge in [-0.25, -0.2) is 10.4 Å². The Bertz CT molecular complexity index is 327. The number of amidine groups is 1. The number of nitrogens with one attached hydrogen (secondary N) is 2. The molecule has 1 aromatic carbocycles. The molecule has 0 aliphatic carbocycles. The third-order valence-electron chi connectivity index (χ3n) is 2.11. The summed E-state index contributed by atoms with van der Waals surface area (Å²) in [6.07, 6.45) is 0.0700. The van der Waals surface area contributed by atoms with Gasteiger partial charge in [0.2, 0.25) is 0 Å². The van der Waals surface area contributed by atoms with Crippen molar-refractivity contribution >= 4 is 5.84 Å². The minimum Gasteiger partial charge on any atom is -0.308 e. The Morgan fingerprint density at radius 2 is 1.85 bits per heavy atom. The van der Waals surface area contributed by atoms with Gasteiger partial charge in [0.1, 0.15) is 12.0 Å². The number of aryl methyl sites for hydroxylation is 1. The predicted octanol–water partition coefficient (Wildman–Crippen LogP) is 1.52. The standard InChI is InChI=1S/C10H13N3/c1-7-3-5-9(6-4-7)10-11-8(2)12-13-10/h3-6,10,13H,1-2H3,(H,11,12). The molecule has 0 radical (unpaired) electrons. The number of hydrazine groups is 1. The summed E-state index contributed by atoms with van der Waals surface area (Å²) in [7, 11) is 0. The normalized spacial score (nSPS) is 21.1. The molecular formula is C10H13N3. The Morgan fingerprint density at radius 1 is 1.15 bits per heavy atom. The molecule has 2 rings (SSSR count). The average molecular weight is 175 g/mol. The van der Waals surface area contributed by atoms with E-state index >= 15 is 0 Å². The first-order valence-electron chi connectivity index (χ1n) is 4.38. The van der Waals surface area contributed by atoms with E-state index in [9.17, 15) is 0 Å². The maximum Gasteiger partial charge on any atom is 0.143 e. The van der Waals surface area contributed by atoms with Crippen molar-refractivity contribution in [2.75, 3.05) is 0 Å². The number of nitrogens with zero attached hydrogens (tertiary/aromatic N) is 1. The fourth-order valence-corrected chi connectivity index (χ4v) is 1.34. The van der Waals surface area contributed by atoms with E-state index in [0.717, 1.165) is 5.84 Å². The van der Waals surface area contributed by atoms with E-state index in [1.807, 2.05) is 6.92 Å². The monoisotopic (exact) mass is 175 g/mol. The molecule has 0 fully saturated rings. The highest BCUT2D eigenvalue weighted by Gasteiger charge is 2.14. The summed E-state index contributed by atoms with van der Waals surface area (Å²) >= 11 is 0. The third kappa shape index (κ3) is 1.70. The summed E-state index contributed by atoms with van der Waals surface area (Å²) in [5.41, 5.74) is 8.53. The molecule has 0 aromatic heterocycles. The highest BCUT2D eigenvalue weighted by molar-refractivity contribution is 5.80. The minimum absolute atomic E-state index is 0.0700. The maximum absolute atomic E-state index is 4.38. The lowest BCUT2D eigenvalue weighted by atomic mass is 10.1. The van der Waals surface area contributed by atoms with Crippen LogP contribution < -0.4 is 10.9 Å². The molecule has 68 valence electrons. The van der Waals surface area contributed by atoms with Gasteiger partial charge in [-0.15, -0.1) is 0 Å². The molecule has 3 heteroatoms. The topological polar surface area (TPSA) is 36.4 Å². The van der Waals surface area contributed by atoms with Crippen molar-refractivity contribution in [3.05, 3.63) is 35.4 Å². The van der Waals surface area contributed by atoms with Crippen molar-refractivity contribution in [1.29, 1.82) is 0 Å². The average Bonchev–Trinajstić information content (AvgIpc) is 2.53. The Hall–Kier alpha value is -1.35. The van der Waals surface area contributed by atoms with Gasteiger partial charge < -0.3 is 5.43 Å². The summed E-state index contributed by atoms with van der Waals surface area (Å²) in [5.74, 6) is 0.936. The second kappa shape index (κ2) is 3.18. The Kier molecular flexibility index (Phi) is 2.02. The SMILES string of the molecule is CC1=NC(c2ccc(C)cc2)NN1. The zero-order valence-corrected chi connectivity index (χ0v) is 7.83. The molecule has 1 aliphatic heterocycles. The quantitative estimate of drug-likeness (QED) is 0.679. The van der Waals surface area contributed by atoms with E-state index in [2.05, 4.69) is 47.0 Å². The summed E-state index contributed by atoms with van der Waals surface area (Å²) in [5, 5.41) is 0. The smallest absolute Gasteiger partial charge is 0.143 e. The summed E-state index contributed by atoms with van der Waals surface area (Å²) in [6, 6.07) is 8.38. The van der Waals surface area contributed by atoms with E-state index in [0.29, 0.717) is 0 Å². The number of hydrogen-bond donors (Lipinski definition) is 2. The second-order valence-electron chi connectivity index (χ2n) is 3.30. The molecule has 3 nitrogen and oxygen atoms in total. The number of rotatable bonds is 1. The van der Waals surface area contributed by atoms with Crippen LogP contribution in [0.5, 0.6) is 0 Å². The molecule has 1 heterocycles. The van der Waals surface area contributed by atoms with E-state index in [1.165, 1.54) is 11.1 Å². The molecule has 0 saturated carbocycles. The van der Waals surface area contributed by atoms with Crippen molar-refractivity contribution in [3.8, 4) is 0 Å². The van der Waals surface area contributed by atoms with Gasteiger partial charge in [0.25, 0.3) is 0 Å². The van der Waals surface area contributed by atoms with Crippen LogP contribution in [0.2, 0.25) is 0 Å². The van der Waals surface area contributed by atoms with Gasteiger partial charge in [-0.3, -0.25) is 0 Å². The van der Waals surface area contributed by atoms with E-state index in [-0.39, 0.29) is 6.17 Å². The first-order valence-corrected chi connectivity index (χ1v) is 4.38. The molecule has 0 saturated heterocycles. The summed E-state index contributed by atoms with van der Waals surface area (Å²) in [6.45, 7) is 4.03. The van der Waals surface area contributed by atoms with Crippen LogP contribution in [0.4, 0.5) is 0 Å². The molecule has 1 aliphatic rings. The van der Waals surface area contributed by atoms with Gasteiger partial charge in [-0.2, -0.15) is 0 Å². The molecule has 1 atom stereocenters. The first-order chi connectivity index (χ1) is 6.25. The largest absolute Gasteiger partial charge is 0.308 e. The first kappa shape index (κ1) is 8.26. The van der Waals surface area contributed by atoms with Crippen molar-refractivity contribution in [2.24, 2.45) is 4.99 Å². The van der Waals surface area contributed by atoms with Crippen LogP contribution in [0.15, 0.2) is 29.3 Å². The molecule has 2 N–H and O–H groups in total. The van der Waals surface area contributed by atoms with E-state index < -0.39 is 0 Å². The Labute approximate surface area is 77.9 Å². The highest BCUT2D eigenvalue weighted by atomic mass is 15.5. The fraction of sp³-hybridized carbons (Fsp3) is 0.300. The van der Waals surface area contributed by atoms with Crippen molar-refractivity contribution < 1.29 is 0 Å². The van der Waals surface area contributed by atoms with E-state index in [4.69, 9.17) is 0 Å². The summed E-state index contributed by atoms with van der Waals surface area (Å²) in [4.78, 5) is 4.38. The van der Waals surface area contributed by atoms with Crippen LogP contribution in [0, 0.1) is 6.92 Å². The molecule has 13 heavy (non-hydrogen) atoms. The van der Waals surface area contributed by atoms with Crippen LogP contribution in [0.3, 0.4) is 0 Å². The number of hydrogen-bond acceptors (Lipinski definition) is 3. The lowest BCUT2D eigenvalue weighted by Crippen LogP contribution is -2.29. The number of benzene rings is 1. The van der Waals surface area contributed by atoms with Crippen LogP contribution in [-0.2, 0) is 0 Å². The fourth-order valence-electron chi connectivity index (χ4n) is 1.34. The lowest BCUT2D eigenvalue weighted by molar-refractivity contribution is 0.574. The van der Waals surface area contributed by atoms with Gasteiger partial charge >= 0.3 is 0 Å². The Balaban J connectivity index is 2.22. The van der Waals surface area contributed by atoms with Crippen LogP contribution >= 0.6 is 0 Å². The minimum atomic E-state index is 0.0700. The zero-order chi connectivity index (χ0) is 9.26. The van der Waals surface area contributed by atoms with Gasteiger partial charge in [0, 0.05) is 0 Å². The van der Waals surface area contributed by atoms with Crippen molar-refractivity contribution in [3.63, 3.8) is 0 Å². The molecule has 1 unspecified atom stereocenters. The maximum atomic E-state index is 4.38.